The average molecular weight is 253 g/mol. The van der Waals surface area contributed by atoms with Crippen LogP contribution in [0.2, 0.25) is 0 Å². The monoisotopic (exact) mass is 253 g/mol. The van der Waals surface area contributed by atoms with Crippen molar-refractivity contribution in [2.75, 3.05) is 26.2 Å². The summed E-state index contributed by atoms with van der Waals surface area (Å²) in [5.41, 5.74) is 6.09. The molecular weight excluding hydrogens is 226 g/mol. The molecule has 2 N–H and O–H groups in total. The molecule has 1 unspecified atom stereocenters. The van der Waals surface area contributed by atoms with Gasteiger partial charge in [0.1, 0.15) is 0 Å². The number of fused-ring (bicyclic) bond motifs is 1. The molecule has 2 heterocycles. The highest BCUT2D eigenvalue weighted by molar-refractivity contribution is 5.82. The summed E-state index contributed by atoms with van der Waals surface area (Å²) in [6.07, 6.45) is 4.58. The number of nitrogens with zero attached hydrogens (tertiary/aromatic N) is 2. The minimum atomic E-state index is -0.317. The number of hydrogen-bond acceptors (Lipinski definition) is 3. The third kappa shape index (κ3) is 2.86. The first kappa shape index (κ1) is 13.8. The normalized spacial score (nSPS) is 28.6. The van der Waals surface area contributed by atoms with Crippen molar-refractivity contribution < 1.29 is 4.79 Å². The quantitative estimate of drug-likeness (QED) is 0.818. The second-order valence-corrected chi connectivity index (χ2v) is 5.88. The fourth-order valence-electron chi connectivity index (χ4n) is 3.11. The molecular formula is C14H27N3O. The first-order valence-corrected chi connectivity index (χ1v) is 7.42. The molecule has 2 rings (SSSR count). The first-order valence-electron chi connectivity index (χ1n) is 7.42. The van der Waals surface area contributed by atoms with Gasteiger partial charge in [-0.15, -0.1) is 0 Å². The van der Waals surface area contributed by atoms with Gasteiger partial charge in [0.15, 0.2) is 0 Å². The smallest absolute Gasteiger partial charge is 0.239 e. The van der Waals surface area contributed by atoms with Crippen LogP contribution in [0.1, 0.15) is 39.5 Å². The minimum absolute atomic E-state index is 0.165. The van der Waals surface area contributed by atoms with Gasteiger partial charge >= 0.3 is 0 Å². The second-order valence-electron chi connectivity index (χ2n) is 5.88. The van der Waals surface area contributed by atoms with E-state index in [4.69, 9.17) is 5.73 Å². The molecule has 4 heteroatoms. The Morgan fingerprint density at radius 1 is 1.33 bits per heavy atom. The lowest BCUT2D eigenvalue weighted by Crippen LogP contribution is -2.49. The lowest BCUT2D eigenvalue weighted by atomic mass is 9.98. The molecule has 3 atom stereocenters. The Labute approximate surface area is 110 Å². The van der Waals surface area contributed by atoms with Crippen LogP contribution < -0.4 is 5.73 Å². The minimum Gasteiger partial charge on any atom is -0.340 e. The molecule has 2 fully saturated rings. The Hall–Kier alpha value is -0.610. The van der Waals surface area contributed by atoms with E-state index in [9.17, 15) is 4.79 Å². The third-order valence-corrected chi connectivity index (χ3v) is 4.66. The number of rotatable bonds is 3. The summed E-state index contributed by atoms with van der Waals surface area (Å²) < 4.78 is 0. The van der Waals surface area contributed by atoms with E-state index in [0.717, 1.165) is 32.5 Å². The highest BCUT2D eigenvalue weighted by Gasteiger charge is 2.32. The van der Waals surface area contributed by atoms with Crippen molar-refractivity contribution >= 4 is 5.91 Å². The molecule has 2 aliphatic rings. The first-order chi connectivity index (χ1) is 8.63. The fourth-order valence-corrected chi connectivity index (χ4v) is 3.11. The maximum atomic E-state index is 12.4. The predicted octanol–water partition coefficient (Wildman–Crippen LogP) is 1.06. The third-order valence-electron chi connectivity index (χ3n) is 4.66. The molecule has 0 radical (unpaired) electrons. The van der Waals surface area contributed by atoms with Gasteiger partial charge in [-0.3, -0.25) is 9.69 Å². The van der Waals surface area contributed by atoms with Crippen LogP contribution in [0.5, 0.6) is 0 Å². The molecule has 104 valence electrons. The number of nitrogens with two attached hydrogens (primary N) is 1. The summed E-state index contributed by atoms with van der Waals surface area (Å²) in [4.78, 5) is 17.0. The van der Waals surface area contributed by atoms with Gasteiger partial charge in [0.25, 0.3) is 0 Å². The Kier molecular flexibility index (Phi) is 4.62. The molecule has 0 aliphatic carbocycles. The van der Waals surface area contributed by atoms with Crippen LogP contribution in [0.25, 0.3) is 0 Å². The lowest BCUT2D eigenvalue weighted by Gasteiger charge is -2.29. The van der Waals surface area contributed by atoms with E-state index in [0.29, 0.717) is 6.04 Å². The Morgan fingerprint density at radius 3 is 2.78 bits per heavy atom. The van der Waals surface area contributed by atoms with Crippen molar-refractivity contribution in [3.63, 3.8) is 0 Å². The molecule has 0 aromatic carbocycles. The summed E-state index contributed by atoms with van der Waals surface area (Å²) in [6, 6.07) is 0.267. The van der Waals surface area contributed by atoms with Crippen LogP contribution in [0.4, 0.5) is 0 Å². The number of amides is 1. The standard InChI is InChI=1S/C14H27N3O/c1-3-11(2)13(15)14(18)17-9-5-8-16-7-4-6-12(16)10-17/h11-13H,3-10,15H2,1-2H3/t11-,12?,13-/m0/s1. The highest BCUT2D eigenvalue weighted by atomic mass is 16.2. The average Bonchev–Trinajstić information content (AvgIpc) is 2.73. The Bertz CT molecular complexity index is 295. The van der Waals surface area contributed by atoms with E-state index in [-0.39, 0.29) is 17.9 Å². The van der Waals surface area contributed by atoms with Crippen LogP contribution in [-0.4, -0.2) is 54.0 Å². The van der Waals surface area contributed by atoms with Crippen LogP contribution in [-0.2, 0) is 4.79 Å². The van der Waals surface area contributed by atoms with Crippen molar-refractivity contribution in [1.29, 1.82) is 0 Å². The molecule has 18 heavy (non-hydrogen) atoms. The van der Waals surface area contributed by atoms with E-state index in [1.165, 1.54) is 19.4 Å². The van der Waals surface area contributed by atoms with Crippen LogP contribution >= 0.6 is 0 Å². The molecule has 1 amide bonds. The van der Waals surface area contributed by atoms with E-state index in [1.807, 2.05) is 4.90 Å². The van der Waals surface area contributed by atoms with E-state index in [1.54, 1.807) is 0 Å². The van der Waals surface area contributed by atoms with Gasteiger partial charge in [0.2, 0.25) is 5.91 Å². The summed E-state index contributed by atoms with van der Waals surface area (Å²) in [5.74, 6) is 0.443. The molecule has 2 saturated heterocycles. The summed E-state index contributed by atoms with van der Waals surface area (Å²) >= 11 is 0. The molecule has 0 aromatic heterocycles. The zero-order chi connectivity index (χ0) is 13.1. The second kappa shape index (κ2) is 6.02. The van der Waals surface area contributed by atoms with Gasteiger partial charge in [-0.2, -0.15) is 0 Å². The van der Waals surface area contributed by atoms with Crippen LogP contribution in [0.15, 0.2) is 0 Å². The Balaban J connectivity index is 1.97. The van der Waals surface area contributed by atoms with Gasteiger partial charge in [0.05, 0.1) is 6.04 Å². The van der Waals surface area contributed by atoms with Crippen molar-refractivity contribution in [3.8, 4) is 0 Å². The van der Waals surface area contributed by atoms with E-state index in [2.05, 4.69) is 18.7 Å². The predicted molar refractivity (Wildman–Crippen MR) is 73.2 cm³/mol. The summed E-state index contributed by atoms with van der Waals surface area (Å²) in [6.45, 7) is 8.30. The Morgan fingerprint density at radius 2 is 2.06 bits per heavy atom. The van der Waals surface area contributed by atoms with Crippen molar-refractivity contribution in [2.24, 2.45) is 11.7 Å². The molecule has 4 nitrogen and oxygen atoms in total. The van der Waals surface area contributed by atoms with Gasteiger partial charge in [-0.25, -0.2) is 0 Å². The topological polar surface area (TPSA) is 49.6 Å². The van der Waals surface area contributed by atoms with E-state index >= 15 is 0 Å². The maximum absolute atomic E-state index is 12.4. The number of carbonyl (C=O) groups excluding carboxylic acids is 1. The zero-order valence-corrected chi connectivity index (χ0v) is 11.8. The molecule has 2 aliphatic heterocycles. The van der Waals surface area contributed by atoms with E-state index < -0.39 is 0 Å². The highest BCUT2D eigenvalue weighted by Crippen LogP contribution is 2.22. The van der Waals surface area contributed by atoms with Gasteiger partial charge in [-0.05, 0) is 31.7 Å². The lowest BCUT2D eigenvalue weighted by molar-refractivity contribution is -0.134. The fraction of sp³-hybridized carbons (Fsp3) is 0.929. The number of hydrogen-bond donors (Lipinski definition) is 1. The van der Waals surface area contributed by atoms with Crippen LogP contribution in [0, 0.1) is 5.92 Å². The van der Waals surface area contributed by atoms with Gasteiger partial charge < -0.3 is 10.6 Å². The van der Waals surface area contributed by atoms with Gasteiger partial charge in [0, 0.05) is 25.7 Å². The van der Waals surface area contributed by atoms with Crippen molar-refractivity contribution in [3.05, 3.63) is 0 Å². The van der Waals surface area contributed by atoms with Crippen LogP contribution in [0.3, 0.4) is 0 Å². The summed E-state index contributed by atoms with van der Waals surface area (Å²) in [5, 5.41) is 0. The molecule has 0 saturated carbocycles. The maximum Gasteiger partial charge on any atom is 0.239 e. The van der Waals surface area contributed by atoms with Crippen molar-refractivity contribution in [1.82, 2.24) is 9.80 Å². The van der Waals surface area contributed by atoms with Crippen molar-refractivity contribution in [2.45, 2.75) is 51.6 Å². The zero-order valence-electron chi connectivity index (χ0n) is 11.8. The number of carbonyl (C=O) groups is 1. The largest absolute Gasteiger partial charge is 0.340 e. The molecule has 0 aromatic rings. The SMILES string of the molecule is CC[C@H](C)[C@H](N)C(=O)N1CCCN2CCCC2C1. The summed E-state index contributed by atoms with van der Waals surface area (Å²) in [7, 11) is 0. The molecule has 0 bridgehead atoms. The van der Waals surface area contributed by atoms with Gasteiger partial charge in [-0.1, -0.05) is 20.3 Å². The molecule has 0 spiro atoms.